The normalized spacial score (nSPS) is 17.8. The number of carbonyl (C=O) groups excluding carboxylic acids is 1. The predicted octanol–water partition coefficient (Wildman–Crippen LogP) is 3.96. The second kappa shape index (κ2) is 10.8. The van der Waals surface area contributed by atoms with Crippen LogP contribution in [-0.4, -0.2) is 50.1 Å². The number of tetrazole rings is 1. The lowest BCUT2D eigenvalue weighted by Gasteiger charge is -2.24. The van der Waals surface area contributed by atoms with E-state index in [1.54, 1.807) is 23.1 Å². The molecule has 8 heteroatoms. The fraction of sp³-hybridized carbons (Fsp3) is 0.286. The SMILES string of the molecule is Cc1ccccc1-c1cccc(CN2C[C@H](n3cnnn3)C[C@H]2C(=O)NCCc2ccc(F)cc2)c1. The Morgan fingerprint density at radius 3 is 2.67 bits per heavy atom. The topological polar surface area (TPSA) is 75.9 Å². The van der Waals surface area contributed by atoms with Gasteiger partial charge in [0, 0.05) is 19.6 Å². The number of nitrogens with one attached hydrogen (secondary N) is 1. The van der Waals surface area contributed by atoms with Crippen LogP contribution < -0.4 is 5.32 Å². The molecule has 1 aromatic heterocycles. The van der Waals surface area contributed by atoms with Gasteiger partial charge in [-0.15, -0.1) is 5.10 Å². The standard InChI is InChI=1S/C28H29FN6O/c1-20-5-2-3-8-26(20)23-7-4-6-22(15-23)17-34-18-25(35-19-31-32-33-35)16-27(34)28(36)30-14-13-21-9-11-24(29)12-10-21/h2-12,15,19,25,27H,13-14,16-18H2,1H3,(H,30,36)/t25-,27+/m1/s1. The van der Waals surface area contributed by atoms with Crippen molar-refractivity contribution in [1.82, 2.24) is 30.4 Å². The quantitative estimate of drug-likeness (QED) is 0.410. The molecule has 4 aromatic rings. The lowest BCUT2D eigenvalue weighted by molar-refractivity contribution is -0.125. The largest absolute Gasteiger partial charge is 0.354 e. The number of amides is 1. The number of likely N-dealkylation sites (tertiary alicyclic amines) is 1. The zero-order chi connectivity index (χ0) is 24.9. The van der Waals surface area contributed by atoms with Crippen LogP contribution in [0.2, 0.25) is 0 Å². The van der Waals surface area contributed by atoms with Crippen molar-refractivity contribution in [2.24, 2.45) is 0 Å². The van der Waals surface area contributed by atoms with Crippen molar-refractivity contribution >= 4 is 5.91 Å². The summed E-state index contributed by atoms with van der Waals surface area (Å²) < 4.78 is 14.9. The highest BCUT2D eigenvalue weighted by molar-refractivity contribution is 5.82. The molecule has 0 bridgehead atoms. The lowest BCUT2D eigenvalue weighted by atomic mass is 9.99. The van der Waals surface area contributed by atoms with Crippen LogP contribution in [0.5, 0.6) is 0 Å². The van der Waals surface area contributed by atoms with Crippen molar-refractivity contribution in [2.75, 3.05) is 13.1 Å². The van der Waals surface area contributed by atoms with Gasteiger partial charge in [0.2, 0.25) is 5.91 Å². The van der Waals surface area contributed by atoms with Crippen LogP contribution in [0.15, 0.2) is 79.1 Å². The Kier molecular flexibility index (Phi) is 7.13. The van der Waals surface area contributed by atoms with E-state index in [0.29, 0.717) is 32.5 Å². The van der Waals surface area contributed by atoms with E-state index in [1.165, 1.54) is 28.8 Å². The van der Waals surface area contributed by atoms with Crippen LogP contribution in [0.4, 0.5) is 4.39 Å². The number of hydrogen-bond acceptors (Lipinski definition) is 5. The highest BCUT2D eigenvalue weighted by atomic mass is 19.1. The Hall–Kier alpha value is -3.91. The second-order valence-electron chi connectivity index (χ2n) is 9.31. The molecule has 2 heterocycles. The monoisotopic (exact) mass is 484 g/mol. The molecule has 1 aliphatic heterocycles. The highest BCUT2D eigenvalue weighted by Crippen LogP contribution is 2.30. The number of benzene rings is 3. The first-order valence-corrected chi connectivity index (χ1v) is 12.2. The molecule has 2 atom stereocenters. The maximum absolute atomic E-state index is 13.3. The van der Waals surface area contributed by atoms with Crippen LogP contribution in [-0.2, 0) is 17.8 Å². The van der Waals surface area contributed by atoms with E-state index < -0.39 is 0 Å². The van der Waals surface area contributed by atoms with Gasteiger partial charge in [-0.25, -0.2) is 9.07 Å². The van der Waals surface area contributed by atoms with Crippen LogP contribution >= 0.6 is 0 Å². The van der Waals surface area contributed by atoms with Crippen molar-refractivity contribution < 1.29 is 9.18 Å². The van der Waals surface area contributed by atoms with E-state index in [4.69, 9.17) is 0 Å². The Bertz CT molecular complexity index is 1310. The average Bonchev–Trinajstić information content (AvgIpc) is 3.56. The number of hydrogen-bond donors (Lipinski definition) is 1. The molecule has 36 heavy (non-hydrogen) atoms. The first-order chi connectivity index (χ1) is 17.6. The zero-order valence-electron chi connectivity index (χ0n) is 20.2. The molecule has 3 aromatic carbocycles. The van der Waals surface area contributed by atoms with E-state index in [-0.39, 0.29) is 23.8 Å². The maximum Gasteiger partial charge on any atom is 0.237 e. The molecule has 1 N–H and O–H groups in total. The molecule has 0 unspecified atom stereocenters. The lowest BCUT2D eigenvalue weighted by Crippen LogP contribution is -2.43. The Labute approximate surface area is 210 Å². The smallest absolute Gasteiger partial charge is 0.237 e. The average molecular weight is 485 g/mol. The molecule has 1 aliphatic rings. The number of aromatic nitrogens is 4. The summed E-state index contributed by atoms with van der Waals surface area (Å²) >= 11 is 0. The molecule has 0 saturated carbocycles. The van der Waals surface area contributed by atoms with Gasteiger partial charge < -0.3 is 5.32 Å². The number of halogens is 1. The molecule has 5 rings (SSSR count). The van der Waals surface area contributed by atoms with Crippen molar-refractivity contribution in [3.63, 3.8) is 0 Å². The molecule has 1 saturated heterocycles. The molecule has 0 spiro atoms. The summed E-state index contributed by atoms with van der Waals surface area (Å²) in [6, 6.07) is 23.0. The molecular weight excluding hydrogens is 455 g/mol. The van der Waals surface area contributed by atoms with Crippen LogP contribution in [0.1, 0.15) is 29.2 Å². The predicted molar refractivity (Wildman–Crippen MR) is 135 cm³/mol. The van der Waals surface area contributed by atoms with Gasteiger partial charge in [-0.1, -0.05) is 54.6 Å². The van der Waals surface area contributed by atoms with Crippen LogP contribution in [0.3, 0.4) is 0 Å². The number of rotatable bonds is 8. The summed E-state index contributed by atoms with van der Waals surface area (Å²) in [6.45, 7) is 3.93. The Morgan fingerprint density at radius 2 is 1.89 bits per heavy atom. The summed E-state index contributed by atoms with van der Waals surface area (Å²) in [6.07, 6.45) is 2.88. The molecule has 184 valence electrons. The second-order valence-corrected chi connectivity index (χ2v) is 9.31. The maximum atomic E-state index is 13.3. The van der Waals surface area contributed by atoms with Crippen molar-refractivity contribution in [1.29, 1.82) is 0 Å². The van der Waals surface area contributed by atoms with Crippen molar-refractivity contribution in [3.05, 3.63) is 102 Å². The Morgan fingerprint density at radius 1 is 1.06 bits per heavy atom. The van der Waals surface area contributed by atoms with Gasteiger partial charge in [0.25, 0.3) is 0 Å². The van der Waals surface area contributed by atoms with Crippen molar-refractivity contribution in [2.45, 2.75) is 38.4 Å². The summed E-state index contributed by atoms with van der Waals surface area (Å²) in [5, 5.41) is 14.7. The number of nitrogens with zero attached hydrogens (tertiary/aromatic N) is 5. The van der Waals surface area contributed by atoms with Crippen LogP contribution in [0, 0.1) is 12.7 Å². The van der Waals surface area contributed by atoms with E-state index in [0.717, 1.165) is 11.1 Å². The molecule has 0 radical (unpaired) electrons. The third-order valence-electron chi connectivity index (χ3n) is 6.82. The summed E-state index contributed by atoms with van der Waals surface area (Å²) in [5.41, 5.74) is 5.74. The minimum absolute atomic E-state index is 0.0113. The van der Waals surface area contributed by atoms with E-state index in [1.807, 2.05) is 6.07 Å². The van der Waals surface area contributed by atoms with Crippen molar-refractivity contribution in [3.8, 4) is 11.1 Å². The van der Waals surface area contributed by atoms with Gasteiger partial charge in [-0.3, -0.25) is 9.69 Å². The molecular formula is C28H29FN6O. The fourth-order valence-electron chi connectivity index (χ4n) is 4.92. The van der Waals surface area contributed by atoms with E-state index >= 15 is 0 Å². The minimum atomic E-state index is -0.297. The third-order valence-corrected chi connectivity index (χ3v) is 6.82. The molecule has 7 nitrogen and oxygen atoms in total. The first-order valence-electron chi connectivity index (χ1n) is 12.2. The molecule has 1 amide bonds. The highest BCUT2D eigenvalue weighted by Gasteiger charge is 2.38. The minimum Gasteiger partial charge on any atom is -0.354 e. The molecule has 1 fully saturated rings. The zero-order valence-corrected chi connectivity index (χ0v) is 20.2. The Balaban J connectivity index is 1.30. The van der Waals surface area contributed by atoms with Gasteiger partial charge >= 0.3 is 0 Å². The number of aryl methyl sites for hydroxylation is 1. The summed E-state index contributed by atoms with van der Waals surface area (Å²) in [5.74, 6) is -0.271. The van der Waals surface area contributed by atoms with E-state index in [9.17, 15) is 9.18 Å². The van der Waals surface area contributed by atoms with Gasteiger partial charge in [0.1, 0.15) is 12.1 Å². The first kappa shape index (κ1) is 23.8. The summed E-state index contributed by atoms with van der Waals surface area (Å²) in [4.78, 5) is 15.5. The van der Waals surface area contributed by atoms with Gasteiger partial charge in [-0.05, 0) is 76.2 Å². The third kappa shape index (κ3) is 5.49. The summed E-state index contributed by atoms with van der Waals surface area (Å²) in [7, 11) is 0. The number of carbonyl (C=O) groups is 1. The van der Waals surface area contributed by atoms with Gasteiger partial charge in [-0.2, -0.15) is 0 Å². The van der Waals surface area contributed by atoms with E-state index in [2.05, 4.69) is 75.1 Å². The fourth-order valence-corrected chi connectivity index (χ4v) is 4.92. The van der Waals surface area contributed by atoms with Gasteiger partial charge in [0.15, 0.2) is 0 Å². The van der Waals surface area contributed by atoms with Gasteiger partial charge in [0.05, 0.1) is 12.1 Å². The molecule has 0 aliphatic carbocycles. The van der Waals surface area contributed by atoms with Crippen LogP contribution in [0.25, 0.3) is 11.1 Å².